The molecule has 0 atom stereocenters. The van der Waals surface area contributed by atoms with Crippen LogP contribution in [0.1, 0.15) is 18.4 Å². The molecule has 2 heteroatoms. The van der Waals surface area contributed by atoms with Crippen LogP contribution in [0, 0.1) is 0 Å². The first-order valence-corrected chi connectivity index (χ1v) is 5.48. The van der Waals surface area contributed by atoms with Gasteiger partial charge in [0.25, 0.3) is 0 Å². The molecular formula is C13H14N2. The van der Waals surface area contributed by atoms with Gasteiger partial charge < -0.3 is 5.32 Å². The molecule has 2 aromatic rings. The highest BCUT2D eigenvalue weighted by Crippen LogP contribution is 2.21. The predicted molar refractivity (Wildman–Crippen MR) is 61.6 cm³/mol. The number of fused-ring (bicyclic) bond motifs is 1. The van der Waals surface area contributed by atoms with Gasteiger partial charge >= 0.3 is 0 Å². The van der Waals surface area contributed by atoms with Gasteiger partial charge in [0, 0.05) is 30.4 Å². The summed E-state index contributed by atoms with van der Waals surface area (Å²) < 4.78 is 0. The number of aromatic nitrogens is 1. The molecule has 2 nitrogen and oxygen atoms in total. The largest absolute Gasteiger partial charge is 0.310 e. The highest BCUT2D eigenvalue weighted by molar-refractivity contribution is 5.84. The van der Waals surface area contributed by atoms with Crippen LogP contribution < -0.4 is 5.32 Å². The quantitative estimate of drug-likeness (QED) is 0.819. The highest BCUT2D eigenvalue weighted by Gasteiger charge is 2.20. The van der Waals surface area contributed by atoms with Crippen LogP contribution in [-0.4, -0.2) is 11.0 Å². The summed E-state index contributed by atoms with van der Waals surface area (Å²) in [5, 5.41) is 6.07. The number of benzene rings is 1. The van der Waals surface area contributed by atoms with Crippen LogP contribution in [0.2, 0.25) is 0 Å². The maximum absolute atomic E-state index is 4.27. The van der Waals surface area contributed by atoms with E-state index in [1.54, 1.807) is 0 Å². The van der Waals surface area contributed by atoms with Crippen LogP contribution in [0.25, 0.3) is 10.8 Å². The Morgan fingerprint density at radius 3 is 2.93 bits per heavy atom. The summed E-state index contributed by atoms with van der Waals surface area (Å²) in [4.78, 5) is 4.27. The van der Waals surface area contributed by atoms with Crippen molar-refractivity contribution in [1.29, 1.82) is 0 Å². The molecule has 15 heavy (non-hydrogen) atoms. The van der Waals surface area contributed by atoms with Crippen molar-refractivity contribution in [3.05, 3.63) is 42.2 Å². The Hall–Kier alpha value is -1.41. The zero-order valence-electron chi connectivity index (χ0n) is 8.61. The molecule has 0 bridgehead atoms. The summed E-state index contributed by atoms with van der Waals surface area (Å²) in [5.41, 5.74) is 1.31. The zero-order chi connectivity index (χ0) is 10.1. The minimum absolute atomic E-state index is 0.754. The lowest BCUT2D eigenvalue weighted by atomic mass is 10.1. The summed E-state index contributed by atoms with van der Waals surface area (Å²) >= 11 is 0. The molecule has 1 fully saturated rings. The average molecular weight is 198 g/mol. The highest BCUT2D eigenvalue weighted by atomic mass is 14.9. The summed E-state index contributed by atoms with van der Waals surface area (Å²) in [6.45, 7) is 0.943. The van der Waals surface area contributed by atoms with Crippen molar-refractivity contribution in [2.75, 3.05) is 0 Å². The molecule has 0 radical (unpaired) electrons. The van der Waals surface area contributed by atoms with Gasteiger partial charge in [-0.1, -0.05) is 24.3 Å². The van der Waals surface area contributed by atoms with Crippen molar-refractivity contribution in [1.82, 2.24) is 10.3 Å². The molecule has 1 aliphatic carbocycles. The van der Waals surface area contributed by atoms with Crippen molar-refractivity contribution in [3.63, 3.8) is 0 Å². The lowest BCUT2D eigenvalue weighted by molar-refractivity contribution is 0.689. The third-order valence-corrected chi connectivity index (χ3v) is 2.91. The van der Waals surface area contributed by atoms with E-state index in [0.717, 1.165) is 12.6 Å². The number of nitrogens with zero attached hydrogens (tertiary/aromatic N) is 1. The molecule has 1 N–H and O–H groups in total. The van der Waals surface area contributed by atoms with Gasteiger partial charge in [0.15, 0.2) is 0 Å². The third-order valence-electron chi connectivity index (χ3n) is 2.91. The molecule has 0 saturated heterocycles. The number of pyridine rings is 1. The van der Waals surface area contributed by atoms with Gasteiger partial charge in [0.1, 0.15) is 0 Å². The molecule has 0 amide bonds. The van der Waals surface area contributed by atoms with Crippen molar-refractivity contribution >= 4 is 10.8 Å². The fourth-order valence-electron chi connectivity index (χ4n) is 1.86. The van der Waals surface area contributed by atoms with E-state index in [1.807, 2.05) is 12.4 Å². The van der Waals surface area contributed by atoms with Crippen LogP contribution in [0.3, 0.4) is 0 Å². The number of nitrogens with one attached hydrogen (secondary N) is 1. The molecule has 1 aromatic carbocycles. The van der Waals surface area contributed by atoms with Crippen molar-refractivity contribution in [3.8, 4) is 0 Å². The Balaban J connectivity index is 1.93. The first-order valence-electron chi connectivity index (χ1n) is 5.48. The SMILES string of the molecule is c1ccc2c(CNC3CC3)cncc2c1. The fraction of sp³-hybridized carbons (Fsp3) is 0.308. The van der Waals surface area contributed by atoms with Gasteiger partial charge in [-0.3, -0.25) is 4.98 Å². The third kappa shape index (κ3) is 1.85. The Labute approximate surface area is 89.3 Å². The molecule has 1 aliphatic rings. The topological polar surface area (TPSA) is 24.9 Å². The van der Waals surface area contributed by atoms with Crippen molar-refractivity contribution in [2.24, 2.45) is 0 Å². The Kier molecular flexibility index (Phi) is 2.14. The van der Waals surface area contributed by atoms with E-state index in [1.165, 1.54) is 29.2 Å². The van der Waals surface area contributed by atoms with Gasteiger partial charge in [-0.15, -0.1) is 0 Å². The zero-order valence-corrected chi connectivity index (χ0v) is 8.61. The van der Waals surface area contributed by atoms with E-state index in [9.17, 15) is 0 Å². The molecule has 1 heterocycles. The Bertz CT molecular complexity index is 469. The maximum atomic E-state index is 4.27. The van der Waals surface area contributed by atoms with E-state index in [4.69, 9.17) is 0 Å². The molecule has 0 aliphatic heterocycles. The van der Waals surface area contributed by atoms with Gasteiger partial charge in [-0.2, -0.15) is 0 Å². The van der Waals surface area contributed by atoms with Crippen LogP contribution in [0.4, 0.5) is 0 Å². The van der Waals surface area contributed by atoms with Crippen LogP contribution >= 0.6 is 0 Å². The predicted octanol–water partition coefficient (Wildman–Crippen LogP) is 2.49. The van der Waals surface area contributed by atoms with E-state index < -0.39 is 0 Å². The lowest BCUT2D eigenvalue weighted by Gasteiger charge is -2.06. The van der Waals surface area contributed by atoms with Gasteiger partial charge in [-0.25, -0.2) is 0 Å². The number of hydrogen-bond donors (Lipinski definition) is 1. The second kappa shape index (κ2) is 3.63. The van der Waals surface area contributed by atoms with Gasteiger partial charge in [0.05, 0.1) is 0 Å². The van der Waals surface area contributed by atoms with E-state index in [-0.39, 0.29) is 0 Å². The summed E-state index contributed by atoms with van der Waals surface area (Å²) in [5.74, 6) is 0. The monoisotopic (exact) mass is 198 g/mol. The molecule has 0 spiro atoms. The number of hydrogen-bond acceptors (Lipinski definition) is 2. The Morgan fingerprint density at radius 1 is 1.20 bits per heavy atom. The first-order chi connectivity index (χ1) is 7.43. The van der Waals surface area contributed by atoms with Gasteiger partial charge in [0.2, 0.25) is 0 Å². The smallest absolute Gasteiger partial charge is 0.0346 e. The van der Waals surface area contributed by atoms with E-state index in [2.05, 4.69) is 34.6 Å². The maximum Gasteiger partial charge on any atom is 0.0346 e. The fourth-order valence-corrected chi connectivity index (χ4v) is 1.86. The summed E-state index contributed by atoms with van der Waals surface area (Å²) in [7, 11) is 0. The molecule has 1 aromatic heterocycles. The first kappa shape index (κ1) is 8.86. The minimum atomic E-state index is 0.754. The van der Waals surface area contributed by atoms with Gasteiger partial charge in [-0.05, 0) is 23.8 Å². The van der Waals surface area contributed by atoms with Crippen LogP contribution in [0.5, 0.6) is 0 Å². The molecule has 0 unspecified atom stereocenters. The second-order valence-electron chi connectivity index (χ2n) is 4.17. The molecule has 1 saturated carbocycles. The Morgan fingerprint density at radius 2 is 2.07 bits per heavy atom. The molecule has 76 valence electrons. The van der Waals surface area contributed by atoms with Crippen LogP contribution in [-0.2, 0) is 6.54 Å². The van der Waals surface area contributed by atoms with Crippen molar-refractivity contribution in [2.45, 2.75) is 25.4 Å². The van der Waals surface area contributed by atoms with E-state index >= 15 is 0 Å². The normalized spacial score (nSPS) is 15.7. The summed E-state index contributed by atoms with van der Waals surface area (Å²) in [6, 6.07) is 9.18. The summed E-state index contributed by atoms with van der Waals surface area (Å²) in [6.07, 6.45) is 6.56. The minimum Gasteiger partial charge on any atom is -0.310 e. The number of rotatable bonds is 3. The molecular weight excluding hydrogens is 184 g/mol. The van der Waals surface area contributed by atoms with Crippen LogP contribution in [0.15, 0.2) is 36.7 Å². The average Bonchev–Trinajstić information content (AvgIpc) is 3.10. The molecule has 3 rings (SSSR count). The standard InChI is InChI=1S/C13H14N2/c1-2-4-13-10(3-1)7-14-8-11(13)9-15-12-5-6-12/h1-4,7-8,12,15H,5-6,9H2. The van der Waals surface area contributed by atoms with E-state index in [0.29, 0.717) is 0 Å². The lowest BCUT2D eigenvalue weighted by Crippen LogP contribution is -2.15. The second-order valence-corrected chi connectivity index (χ2v) is 4.17. The van der Waals surface area contributed by atoms with Crippen molar-refractivity contribution < 1.29 is 0 Å².